The zero-order chi connectivity index (χ0) is 12.8. The van der Waals surface area contributed by atoms with E-state index in [0.29, 0.717) is 25.6 Å². The van der Waals surface area contributed by atoms with E-state index in [9.17, 15) is 9.59 Å². The Morgan fingerprint density at radius 3 is 2.82 bits per heavy atom. The van der Waals surface area contributed by atoms with Gasteiger partial charge >= 0.3 is 5.97 Å². The summed E-state index contributed by atoms with van der Waals surface area (Å²) in [4.78, 5) is 24.8. The lowest BCUT2D eigenvalue weighted by Gasteiger charge is -2.19. The Hall–Kier alpha value is -1.14. The predicted octanol–water partition coefficient (Wildman–Crippen LogP) is -0.628. The van der Waals surface area contributed by atoms with E-state index in [0.717, 1.165) is 6.42 Å². The lowest BCUT2D eigenvalue weighted by Crippen LogP contribution is -2.48. The van der Waals surface area contributed by atoms with Crippen LogP contribution in [-0.2, 0) is 19.1 Å². The Balaban J connectivity index is 2.45. The number of hydrogen-bond acceptors (Lipinski definition) is 5. The Morgan fingerprint density at radius 1 is 1.53 bits per heavy atom. The van der Waals surface area contributed by atoms with Gasteiger partial charge in [0.05, 0.1) is 13.2 Å². The van der Waals surface area contributed by atoms with Crippen molar-refractivity contribution in [2.24, 2.45) is 11.7 Å². The van der Waals surface area contributed by atoms with Crippen LogP contribution in [-0.4, -0.2) is 56.2 Å². The third-order valence-electron chi connectivity index (χ3n) is 2.81. The van der Waals surface area contributed by atoms with Crippen molar-refractivity contribution >= 4 is 11.9 Å². The maximum Gasteiger partial charge on any atom is 0.332 e. The lowest BCUT2D eigenvalue weighted by molar-refractivity contribution is -0.150. The molecule has 1 aliphatic heterocycles. The van der Waals surface area contributed by atoms with Crippen molar-refractivity contribution in [3.63, 3.8) is 0 Å². The molecule has 6 nitrogen and oxygen atoms in total. The fourth-order valence-corrected chi connectivity index (χ4v) is 1.93. The molecular formula is C11H20N2O4. The average Bonchev–Trinajstić information content (AvgIpc) is 2.76. The zero-order valence-electron chi connectivity index (χ0n) is 10.3. The number of esters is 1. The third-order valence-corrected chi connectivity index (χ3v) is 2.81. The first-order chi connectivity index (χ1) is 8.10. The van der Waals surface area contributed by atoms with Crippen LogP contribution in [0.4, 0.5) is 0 Å². The molecule has 2 atom stereocenters. The molecule has 6 heteroatoms. The molecule has 0 aromatic heterocycles. The van der Waals surface area contributed by atoms with Crippen molar-refractivity contribution in [1.82, 2.24) is 4.90 Å². The number of ether oxygens (including phenoxy) is 2. The van der Waals surface area contributed by atoms with Gasteiger partial charge in [0.2, 0.25) is 0 Å². The Morgan fingerprint density at radius 2 is 2.24 bits per heavy atom. The van der Waals surface area contributed by atoms with E-state index in [2.05, 4.69) is 0 Å². The van der Waals surface area contributed by atoms with Gasteiger partial charge in [-0.25, -0.2) is 4.79 Å². The van der Waals surface area contributed by atoms with E-state index < -0.39 is 12.0 Å². The van der Waals surface area contributed by atoms with E-state index in [4.69, 9.17) is 15.2 Å². The van der Waals surface area contributed by atoms with E-state index >= 15 is 0 Å². The standard InChI is InChI=1S/C11H20N2O4/c1-3-17-11(15)9(12)10(14)13-5-4-8(6-13)7-16-2/h8-9H,3-7,12H2,1-2H3. The topological polar surface area (TPSA) is 81.9 Å². The molecule has 0 aliphatic carbocycles. The fourth-order valence-electron chi connectivity index (χ4n) is 1.93. The smallest absolute Gasteiger partial charge is 0.332 e. The van der Waals surface area contributed by atoms with Crippen molar-refractivity contribution in [3.05, 3.63) is 0 Å². The van der Waals surface area contributed by atoms with Gasteiger partial charge in [-0.2, -0.15) is 0 Å². The van der Waals surface area contributed by atoms with Crippen molar-refractivity contribution in [3.8, 4) is 0 Å². The van der Waals surface area contributed by atoms with Gasteiger partial charge in [0.1, 0.15) is 0 Å². The average molecular weight is 244 g/mol. The molecule has 0 aromatic carbocycles. The van der Waals surface area contributed by atoms with Gasteiger partial charge in [0.15, 0.2) is 6.04 Å². The van der Waals surface area contributed by atoms with E-state index in [-0.39, 0.29) is 12.5 Å². The summed E-state index contributed by atoms with van der Waals surface area (Å²) in [5, 5.41) is 0. The van der Waals surface area contributed by atoms with Crippen molar-refractivity contribution < 1.29 is 19.1 Å². The highest BCUT2D eigenvalue weighted by Gasteiger charge is 2.33. The molecule has 0 saturated carbocycles. The summed E-state index contributed by atoms with van der Waals surface area (Å²) in [6.07, 6.45) is 0.884. The summed E-state index contributed by atoms with van der Waals surface area (Å²) < 4.78 is 9.76. The number of carbonyl (C=O) groups is 2. The molecule has 2 unspecified atom stereocenters. The van der Waals surface area contributed by atoms with Gasteiger partial charge < -0.3 is 20.1 Å². The van der Waals surface area contributed by atoms with Crippen LogP contribution in [0.5, 0.6) is 0 Å². The predicted molar refractivity (Wildman–Crippen MR) is 61.2 cm³/mol. The van der Waals surface area contributed by atoms with Crippen LogP contribution in [0.15, 0.2) is 0 Å². The molecule has 1 saturated heterocycles. The second kappa shape index (κ2) is 6.56. The monoisotopic (exact) mass is 244 g/mol. The SMILES string of the molecule is CCOC(=O)C(N)C(=O)N1CCC(COC)C1. The molecule has 1 aliphatic rings. The minimum atomic E-state index is -1.20. The van der Waals surface area contributed by atoms with E-state index in [1.165, 1.54) is 0 Å². The Labute approximate surface area is 101 Å². The number of nitrogens with two attached hydrogens (primary N) is 1. The third kappa shape index (κ3) is 3.67. The molecule has 0 spiro atoms. The van der Waals surface area contributed by atoms with E-state index in [1.807, 2.05) is 0 Å². The summed E-state index contributed by atoms with van der Waals surface area (Å²) in [5.41, 5.74) is 5.55. The number of carbonyl (C=O) groups excluding carboxylic acids is 2. The zero-order valence-corrected chi connectivity index (χ0v) is 10.3. The molecule has 1 heterocycles. The van der Waals surface area contributed by atoms with Crippen LogP contribution in [0.25, 0.3) is 0 Å². The van der Waals surface area contributed by atoms with E-state index in [1.54, 1.807) is 18.9 Å². The molecule has 1 rings (SSSR count). The summed E-state index contributed by atoms with van der Waals surface area (Å²) in [6.45, 7) is 3.75. The van der Waals surface area contributed by atoms with Crippen LogP contribution in [0.3, 0.4) is 0 Å². The molecule has 1 fully saturated rings. The number of amides is 1. The molecule has 2 N–H and O–H groups in total. The van der Waals surface area contributed by atoms with Gasteiger partial charge in [-0.05, 0) is 13.3 Å². The number of hydrogen-bond donors (Lipinski definition) is 1. The Bertz CT molecular complexity index is 283. The molecule has 0 radical (unpaired) electrons. The molecule has 98 valence electrons. The maximum atomic E-state index is 11.9. The highest BCUT2D eigenvalue weighted by Crippen LogP contribution is 2.17. The minimum Gasteiger partial charge on any atom is -0.464 e. The van der Waals surface area contributed by atoms with Crippen LogP contribution in [0.1, 0.15) is 13.3 Å². The fraction of sp³-hybridized carbons (Fsp3) is 0.818. The molecule has 1 amide bonds. The molecule has 0 aromatic rings. The minimum absolute atomic E-state index is 0.228. The Kier molecular flexibility index (Phi) is 5.37. The van der Waals surface area contributed by atoms with Crippen molar-refractivity contribution in [1.29, 1.82) is 0 Å². The van der Waals surface area contributed by atoms with Gasteiger partial charge in [-0.3, -0.25) is 4.79 Å². The van der Waals surface area contributed by atoms with Crippen LogP contribution < -0.4 is 5.73 Å². The van der Waals surface area contributed by atoms with Gasteiger partial charge in [0, 0.05) is 26.1 Å². The largest absolute Gasteiger partial charge is 0.464 e. The van der Waals surface area contributed by atoms with Crippen molar-refractivity contribution in [2.75, 3.05) is 33.4 Å². The summed E-state index contributed by atoms with van der Waals surface area (Å²) in [7, 11) is 1.63. The van der Waals surface area contributed by atoms with Gasteiger partial charge in [-0.1, -0.05) is 0 Å². The second-order valence-corrected chi connectivity index (χ2v) is 4.12. The first-order valence-electron chi connectivity index (χ1n) is 5.80. The van der Waals surface area contributed by atoms with Crippen LogP contribution in [0.2, 0.25) is 0 Å². The van der Waals surface area contributed by atoms with Crippen molar-refractivity contribution in [2.45, 2.75) is 19.4 Å². The first-order valence-corrected chi connectivity index (χ1v) is 5.80. The van der Waals surface area contributed by atoms with Gasteiger partial charge in [-0.15, -0.1) is 0 Å². The number of nitrogens with zero attached hydrogens (tertiary/aromatic N) is 1. The number of rotatable bonds is 5. The molecule has 17 heavy (non-hydrogen) atoms. The highest BCUT2D eigenvalue weighted by atomic mass is 16.5. The summed E-state index contributed by atoms with van der Waals surface area (Å²) in [5.74, 6) is -0.687. The summed E-state index contributed by atoms with van der Waals surface area (Å²) >= 11 is 0. The van der Waals surface area contributed by atoms with Crippen LogP contribution in [0, 0.1) is 5.92 Å². The summed E-state index contributed by atoms with van der Waals surface area (Å²) in [6, 6.07) is -1.20. The van der Waals surface area contributed by atoms with Crippen LogP contribution >= 0.6 is 0 Å². The molecular weight excluding hydrogens is 224 g/mol. The number of likely N-dealkylation sites (tertiary alicyclic amines) is 1. The maximum absolute atomic E-state index is 11.9. The number of methoxy groups -OCH3 is 1. The lowest BCUT2D eigenvalue weighted by atomic mass is 10.1. The first kappa shape index (κ1) is 13.9. The second-order valence-electron chi connectivity index (χ2n) is 4.12. The molecule has 0 bridgehead atoms. The quantitative estimate of drug-likeness (QED) is 0.514. The highest BCUT2D eigenvalue weighted by molar-refractivity contribution is 6.01. The van der Waals surface area contributed by atoms with Gasteiger partial charge in [0.25, 0.3) is 5.91 Å². The normalized spacial score (nSPS) is 21.4.